The second kappa shape index (κ2) is 8.16. The Balaban J connectivity index is 1.58. The molecule has 0 aliphatic rings. The maximum atomic E-state index is 12.1. The lowest BCUT2D eigenvalue weighted by Gasteiger charge is -2.06. The highest BCUT2D eigenvalue weighted by molar-refractivity contribution is 5.95. The Labute approximate surface area is 152 Å². The second-order valence-electron chi connectivity index (χ2n) is 5.87. The van der Waals surface area contributed by atoms with Gasteiger partial charge in [-0.2, -0.15) is 5.10 Å². The van der Waals surface area contributed by atoms with Gasteiger partial charge in [-0.15, -0.1) is 0 Å². The first kappa shape index (κ1) is 17.5. The minimum atomic E-state index is -0.299. The van der Waals surface area contributed by atoms with E-state index in [0.717, 1.165) is 16.9 Å². The average molecular weight is 348 g/mol. The minimum absolute atomic E-state index is 0.299. The molecule has 1 heterocycles. The number of hydrogen-bond donors (Lipinski definition) is 1. The van der Waals surface area contributed by atoms with Gasteiger partial charge in [-0.05, 0) is 43.2 Å². The van der Waals surface area contributed by atoms with Crippen molar-refractivity contribution < 1.29 is 13.9 Å². The molecule has 0 aliphatic heterocycles. The van der Waals surface area contributed by atoms with E-state index < -0.39 is 0 Å². The van der Waals surface area contributed by atoms with Gasteiger partial charge in [-0.3, -0.25) is 4.79 Å². The van der Waals surface area contributed by atoms with E-state index in [1.807, 2.05) is 54.6 Å². The Morgan fingerprint density at radius 2 is 1.92 bits per heavy atom. The van der Waals surface area contributed by atoms with Crippen molar-refractivity contribution in [3.63, 3.8) is 0 Å². The minimum Gasteiger partial charge on any atom is -0.489 e. The third-order valence-corrected chi connectivity index (χ3v) is 3.77. The normalized spacial score (nSPS) is 10.8. The van der Waals surface area contributed by atoms with Crippen LogP contribution in [0.25, 0.3) is 0 Å². The summed E-state index contributed by atoms with van der Waals surface area (Å²) >= 11 is 0. The molecule has 3 rings (SSSR count). The predicted molar refractivity (Wildman–Crippen MR) is 100 cm³/mol. The average Bonchev–Trinajstić information content (AvgIpc) is 2.99. The van der Waals surface area contributed by atoms with E-state index in [9.17, 15) is 4.79 Å². The van der Waals surface area contributed by atoms with Crippen molar-refractivity contribution in [2.24, 2.45) is 5.10 Å². The van der Waals surface area contributed by atoms with Gasteiger partial charge in [0.1, 0.15) is 23.9 Å². The fourth-order valence-corrected chi connectivity index (χ4v) is 2.51. The molecule has 0 atom stereocenters. The van der Waals surface area contributed by atoms with Crippen LogP contribution in [0.15, 0.2) is 70.2 Å². The molecule has 5 nitrogen and oxygen atoms in total. The topological polar surface area (TPSA) is 63.8 Å². The van der Waals surface area contributed by atoms with Crippen LogP contribution in [0.3, 0.4) is 0 Å². The summed E-state index contributed by atoms with van der Waals surface area (Å²) in [6.45, 7) is 4.05. The van der Waals surface area contributed by atoms with Gasteiger partial charge >= 0.3 is 0 Å². The van der Waals surface area contributed by atoms with Crippen molar-refractivity contribution in [1.29, 1.82) is 0 Å². The number of aryl methyl sites for hydroxylation is 2. The fraction of sp³-hybridized carbons (Fsp3) is 0.143. The Kier molecular flexibility index (Phi) is 5.49. The molecule has 5 heteroatoms. The summed E-state index contributed by atoms with van der Waals surface area (Å²) < 4.78 is 11.1. The third kappa shape index (κ3) is 4.60. The van der Waals surface area contributed by atoms with E-state index in [1.54, 1.807) is 26.1 Å². The van der Waals surface area contributed by atoms with Gasteiger partial charge in [0.05, 0.1) is 11.8 Å². The maximum Gasteiger partial charge on any atom is 0.274 e. The summed E-state index contributed by atoms with van der Waals surface area (Å²) in [5, 5.41) is 4.01. The molecule has 3 aromatic rings. The Morgan fingerprint density at radius 1 is 1.12 bits per heavy atom. The van der Waals surface area contributed by atoms with Crippen LogP contribution in [-0.2, 0) is 6.61 Å². The number of furan rings is 1. The molecule has 0 saturated heterocycles. The van der Waals surface area contributed by atoms with Crippen LogP contribution in [0.5, 0.6) is 5.75 Å². The van der Waals surface area contributed by atoms with Gasteiger partial charge in [-0.1, -0.05) is 42.5 Å². The van der Waals surface area contributed by atoms with E-state index >= 15 is 0 Å². The standard InChI is InChI=1S/C21H20N2O3/c1-15-11-20(16(2)26-15)21(24)23-22-13-18-9-6-10-19(12-18)25-14-17-7-4-3-5-8-17/h3-13H,14H2,1-2H3,(H,23,24)/b22-13-. The molecule has 0 aliphatic carbocycles. The van der Waals surface area contributed by atoms with Crippen LogP contribution >= 0.6 is 0 Å². The third-order valence-electron chi connectivity index (χ3n) is 3.77. The smallest absolute Gasteiger partial charge is 0.274 e. The van der Waals surface area contributed by atoms with Gasteiger partial charge in [0, 0.05) is 0 Å². The monoisotopic (exact) mass is 348 g/mol. The van der Waals surface area contributed by atoms with Crippen molar-refractivity contribution in [2.75, 3.05) is 0 Å². The van der Waals surface area contributed by atoms with Crippen molar-refractivity contribution in [3.05, 3.63) is 88.9 Å². The summed E-state index contributed by atoms with van der Waals surface area (Å²) in [7, 11) is 0. The van der Waals surface area contributed by atoms with Gasteiger partial charge in [0.25, 0.3) is 5.91 Å². The first-order chi connectivity index (χ1) is 12.6. The highest BCUT2D eigenvalue weighted by Gasteiger charge is 2.12. The molecule has 1 amide bonds. The molecule has 0 saturated carbocycles. The number of hydrazone groups is 1. The lowest BCUT2D eigenvalue weighted by Crippen LogP contribution is -2.17. The summed E-state index contributed by atoms with van der Waals surface area (Å²) in [5.74, 6) is 1.71. The number of ether oxygens (including phenoxy) is 1. The fourth-order valence-electron chi connectivity index (χ4n) is 2.51. The molecule has 1 aromatic heterocycles. The molecular weight excluding hydrogens is 328 g/mol. The zero-order valence-electron chi connectivity index (χ0n) is 14.7. The van der Waals surface area contributed by atoms with Gasteiger partial charge in [0.2, 0.25) is 0 Å². The predicted octanol–water partition coefficient (Wildman–Crippen LogP) is 4.24. The molecule has 132 valence electrons. The summed E-state index contributed by atoms with van der Waals surface area (Å²) in [6, 6.07) is 19.2. The number of carbonyl (C=O) groups excluding carboxylic acids is 1. The lowest BCUT2D eigenvalue weighted by atomic mass is 10.2. The number of carbonyl (C=O) groups is 1. The van der Waals surface area contributed by atoms with E-state index in [4.69, 9.17) is 9.15 Å². The molecule has 0 unspecified atom stereocenters. The maximum absolute atomic E-state index is 12.1. The quantitative estimate of drug-likeness (QED) is 0.535. The number of nitrogens with zero attached hydrogens (tertiary/aromatic N) is 1. The largest absolute Gasteiger partial charge is 0.489 e. The highest BCUT2D eigenvalue weighted by Crippen LogP contribution is 2.15. The van der Waals surface area contributed by atoms with Crippen molar-refractivity contribution in [3.8, 4) is 5.75 Å². The SMILES string of the molecule is Cc1cc(C(=O)N/N=C\c2cccc(OCc3ccccc3)c2)c(C)o1. The Morgan fingerprint density at radius 3 is 2.65 bits per heavy atom. The van der Waals surface area contributed by atoms with Crippen LogP contribution in [0.2, 0.25) is 0 Å². The summed E-state index contributed by atoms with van der Waals surface area (Å²) in [5.41, 5.74) is 4.93. The Bertz CT molecular complexity index is 914. The first-order valence-corrected chi connectivity index (χ1v) is 8.29. The van der Waals surface area contributed by atoms with Gasteiger partial charge in [0.15, 0.2) is 0 Å². The molecular formula is C21H20N2O3. The number of benzene rings is 2. The van der Waals surface area contributed by atoms with Gasteiger partial charge < -0.3 is 9.15 Å². The van der Waals surface area contributed by atoms with Crippen molar-refractivity contribution >= 4 is 12.1 Å². The molecule has 1 N–H and O–H groups in total. The van der Waals surface area contributed by atoms with Crippen LogP contribution in [0.1, 0.15) is 33.0 Å². The van der Waals surface area contributed by atoms with E-state index in [1.165, 1.54) is 0 Å². The molecule has 0 fully saturated rings. The zero-order valence-corrected chi connectivity index (χ0v) is 14.7. The summed E-state index contributed by atoms with van der Waals surface area (Å²) in [4.78, 5) is 12.1. The number of nitrogens with one attached hydrogen (secondary N) is 1. The molecule has 0 spiro atoms. The van der Waals surface area contributed by atoms with Crippen LogP contribution in [0.4, 0.5) is 0 Å². The van der Waals surface area contributed by atoms with Crippen molar-refractivity contribution in [2.45, 2.75) is 20.5 Å². The number of hydrogen-bond acceptors (Lipinski definition) is 4. The van der Waals surface area contributed by atoms with Crippen LogP contribution < -0.4 is 10.2 Å². The summed E-state index contributed by atoms with van der Waals surface area (Å²) in [6.07, 6.45) is 1.58. The van der Waals surface area contributed by atoms with Crippen LogP contribution in [-0.4, -0.2) is 12.1 Å². The first-order valence-electron chi connectivity index (χ1n) is 8.29. The van der Waals surface area contributed by atoms with E-state index in [-0.39, 0.29) is 5.91 Å². The molecule has 0 bridgehead atoms. The van der Waals surface area contributed by atoms with Crippen LogP contribution in [0, 0.1) is 13.8 Å². The molecule has 0 radical (unpaired) electrons. The van der Waals surface area contributed by atoms with E-state index in [0.29, 0.717) is 23.7 Å². The Hall–Kier alpha value is -3.34. The second-order valence-corrected chi connectivity index (χ2v) is 5.87. The van der Waals surface area contributed by atoms with Gasteiger partial charge in [-0.25, -0.2) is 5.43 Å². The van der Waals surface area contributed by atoms with Crippen molar-refractivity contribution in [1.82, 2.24) is 5.43 Å². The number of rotatable bonds is 6. The lowest BCUT2D eigenvalue weighted by molar-refractivity contribution is 0.0953. The molecule has 26 heavy (non-hydrogen) atoms. The molecule has 2 aromatic carbocycles. The highest BCUT2D eigenvalue weighted by atomic mass is 16.5. The zero-order chi connectivity index (χ0) is 18.4. The number of amides is 1. The van der Waals surface area contributed by atoms with E-state index in [2.05, 4.69) is 10.5 Å².